The number of hydrogen-bond donors (Lipinski definition) is 2. The maximum atomic E-state index is 11.0. The van der Waals surface area contributed by atoms with Crippen LogP contribution in [0.2, 0.25) is 0 Å². The lowest BCUT2D eigenvalue weighted by Crippen LogP contribution is -2.33. The molecule has 3 N–H and O–H groups in total. The third-order valence-electron chi connectivity index (χ3n) is 3.59. The molecular formula is C9H18N2O2S. The highest BCUT2D eigenvalue weighted by Gasteiger charge is 2.37. The molecule has 2 rings (SSSR count). The van der Waals surface area contributed by atoms with Gasteiger partial charge in [0.1, 0.15) is 0 Å². The van der Waals surface area contributed by atoms with Crippen LogP contribution in [0, 0.1) is 17.8 Å². The molecule has 2 atom stereocenters. The second kappa shape index (κ2) is 3.79. The summed E-state index contributed by atoms with van der Waals surface area (Å²) in [6, 6.07) is 0. The molecule has 0 aromatic carbocycles. The minimum Gasteiger partial charge on any atom is -0.316 e. The van der Waals surface area contributed by atoms with Crippen molar-refractivity contribution in [1.82, 2.24) is 5.32 Å². The van der Waals surface area contributed by atoms with Crippen LogP contribution in [-0.2, 0) is 10.0 Å². The van der Waals surface area contributed by atoms with E-state index in [0.29, 0.717) is 5.92 Å². The third kappa shape index (κ3) is 2.27. The zero-order valence-electron chi connectivity index (χ0n) is 8.28. The van der Waals surface area contributed by atoms with Crippen LogP contribution in [0.1, 0.15) is 19.3 Å². The van der Waals surface area contributed by atoms with Gasteiger partial charge in [-0.2, -0.15) is 0 Å². The van der Waals surface area contributed by atoms with E-state index in [4.69, 9.17) is 5.14 Å². The molecule has 2 aliphatic rings. The number of primary sulfonamides is 1. The SMILES string of the molecule is NS(=O)(=O)CC1CNCC1C1CCC1. The van der Waals surface area contributed by atoms with Gasteiger partial charge in [-0.25, -0.2) is 13.6 Å². The molecular weight excluding hydrogens is 200 g/mol. The van der Waals surface area contributed by atoms with E-state index >= 15 is 0 Å². The monoisotopic (exact) mass is 218 g/mol. The first-order chi connectivity index (χ1) is 6.56. The first kappa shape index (κ1) is 10.4. The molecule has 0 amide bonds. The van der Waals surface area contributed by atoms with Crippen molar-refractivity contribution in [2.75, 3.05) is 18.8 Å². The van der Waals surface area contributed by atoms with E-state index in [2.05, 4.69) is 5.32 Å². The van der Waals surface area contributed by atoms with Crippen LogP contribution < -0.4 is 10.5 Å². The highest BCUT2D eigenvalue weighted by atomic mass is 32.2. The summed E-state index contributed by atoms with van der Waals surface area (Å²) in [6.45, 7) is 1.79. The van der Waals surface area contributed by atoms with Gasteiger partial charge in [-0.3, -0.25) is 0 Å². The Labute approximate surface area is 85.3 Å². The minimum absolute atomic E-state index is 0.154. The van der Waals surface area contributed by atoms with Crippen LogP contribution in [0.4, 0.5) is 0 Å². The lowest BCUT2D eigenvalue weighted by Gasteiger charge is -2.34. The predicted molar refractivity (Wildman–Crippen MR) is 55.2 cm³/mol. The maximum absolute atomic E-state index is 11.0. The van der Waals surface area contributed by atoms with E-state index in [1.54, 1.807) is 0 Å². The van der Waals surface area contributed by atoms with Gasteiger partial charge in [0.05, 0.1) is 5.75 Å². The number of hydrogen-bond acceptors (Lipinski definition) is 3. The fourth-order valence-electron chi connectivity index (χ4n) is 2.65. The topological polar surface area (TPSA) is 72.2 Å². The normalized spacial score (nSPS) is 34.4. The van der Waals surface area contributed by atoms with Gasteiger partial charge in [0, 0.05) is 0 Å². The molecule has 0 radical (unpaired) electrons. The van der Waals surface area contributed by atoms with Crippen LogP contribution in [0.15, 0.2) is 0 Å². The van der Waals surface area contributed by atoms with Crippen molar-refractivity contribution in [3.05, 3.63) is 0 Å². The minimum atomic E-state index is -3.30. The van der Waals surface area contributed by atoms with Gasteiger partial charge in [0.2, 0.25) is 10.0 Å². The highest BCUT2D eigenvalue weighted by Crippen LogP contribution is 2.38. The summed E-state index contributed by atoms with van der Waals surface area (Å²) in [4.78, 5) is 0. The quantitative estimate of drug-likeness (QED) is 0.695. The van der Waals surface area contributed by atoms with Crippen molar-refractivity contribution in [2.45, 2.75) is 19.3 Å². The van der Waals surface area contributed by atoms with Crippen LogP contribution >= 0.6 is 0 Å². The van der Waals surface area contributed by atoms with Gasteiger partial charge in [-0.15, -0.1) is 0 Å². The van der Waals surface area contributed by atoms with Crippen molar-refractivity contribution >= 4 is 10.0 Å². The van der Waals surface area contributed by atoms with E-state index in [0.717, 1.165) is 19.0 Å². The fraction of sp³-hybridized carbons (Fsp3) is 1.00. The molecule has 1 saturated heterocycles. The van der Waals surface area contributed by atoms with E-state index in [1.165, 1.54) is 19.3 Å². The molecule has 1 saturated carbocycles. The van der Waals surface area contributed by atoms with Gasteiger partial charge >= 0.3 is 0 Å². The van der Waals surface area contributed by atoms with E-state index in [9.17, 15) is 8.42 Å². The van der Waals surface area contributed by atoms with Gasteiger partial charge in [0.15, 0.2) is 0 Å². The number of nitrogens with two attached hydrogens (primary N) is 1. The van der Waals surface area contributed by atoms with Crippen molar-refractivity contribution < 1.29 is 8.42 Å². The number of sulfonamides is 1. The summed E-state index contributed by atoms with van der Waals surface area (Å²) in [6.07, 6.45) is 3.85. The van der Waals surface area contributed by atoms with Gasteiger partial charge in [0.25, 0.3) is 0 Å². The molecule has 1 aliphatic carbocycles. The number of rotatable bonds is 3. The standard InChI is InChI=1S/C9H18N2O2S/c10-14(12,13)6-8-4-11-5-9(8)7-2-1-3-7/h7-9,11H,1-6H2,(H2,10,12,13). The van der Waals surface area contributed by atoms with Crippen LogP contribution in [0.25, 0.3) is 0 Å². The highest BCUT2D eigenvalue weighted by molar-refractivity contribution is 7.89. The molecule has 0 aromatic rings. The zero-order chi connectivity index (χ0) is 10.2. The average Bonchev–Trinajstić information content (AvgIpc) is 2.30. The van der Waals surface area contributed by atoms with Gasteiger partial charge < -0.3 is 5.32 Å². The van der Waals surface area contributed by atoms with Crippen molar-refractivity contribution in [2.24, 2.45) is 22.9 Å². The first-order valence-electron chi connectivity index (χ1n) is 5.27. The zero-order valence-corrected chi connectivity index (χ0v) is 9.09. The molecule has 14 heavy (non-hydrogen) atoms. The molecule has 2 unspecified atom stereocenters. The average molecular weight is 218 g/mol. The molecule has 82 valence electrons. The fourth-order valence-corrected chi connectivity index (χ4v) is 3.62. The summed E-state index contributed by atoms with van der Waals surface area (Å²) in [5.41, 5.74) is 0. The molecule has 4 nitrogen and oxygen atoms in total. The largest absolute Gasteiger partial charge is 0.316 e. The molecule has 0 aromatic heterocycles. The van der Waals surface area contributed by atoms with Crippen molar-refractivity contribution in [3.8, 4) is 0 Å². The number of nitrogens with one attached hydrogen (secondary N) is 1. The molecule has 0 bridgehead atoms. The Morgan fingerprint density at radius 1 is 1.29 bits per heavy atom. The summed E-state index contributed by atoms with van der Waals surface area (Å²) in [5, 5.41) is 8.36. The molecule has 5 heteroatoms. The summed E-state index contributed by atoms with van der Waals surface area (Å²) < 4.78 is 22.0. The lowest BCUT2D eigenvalue weighted by atomic mass is 9.72. The second-order valence-corrected chi connectivity index (χ2v) is 6.26. The smallest absolute Gasteiger partial charge is 0.209 e. The predicted octanol–water partition coefficient (Wildman–Crippen LogP) is -0.0894. The van der Waals surface area contributed by atoms with E-state index in [1.807, 2.05) is 0 Å². The molecule has 0 spiro atoms. The Morgan fingerprint density at radius 3 is 2.50 bits per heavy atom. The molecule has 1 heterocycles. The summed E-state index contributed by atoms with van der Waals surface area (Å²) in [7, 11) is -3.30. The molecule has 2 fully saturated rings. The summed E-state index contributed by atoms with van der Waals surface area (Å²) in [5.74, 6) is 1.69. The third-order valence-corrected chi connectivity index (χ3v) is 4.49. The van der Waals surface area contributed by atoms with Gasteiger partial charge in [-0.1, -0.05) is 19.3 Å². The summed E-state index contributed by atoms with van der Waals surface area (Å²) >= 11 is 0. The van der Waals surface area contributed by atoms with Crippen LogP contribution in [0.3, 0.4) is 0 Å². The lowest BCUT2D eigenvalue weighted by molar-refractivity contribution is 0.187. The van der Waals surface area contributed by atoms with E-state index in [-0.39, 0.29) is 11.7 Å². The Morgan fingerprint density at radius 2 is 2.00 bits per heavy atom. The van der Waals surface area contributed by atoms with Crippen molar-refractivity contribution in [3.63, 3.8) is 0 Å². The first-order valence-corrected chi connectivity index (χ1v) is 6.99. The van der Waals surface area contributed by atoms with Crippen molar-refractivity contribution in [1.29, 1.82) is 0 Å². The Hall–Kier alpha value is -0.130. The Balaban J connectivity index is 1.96. The second-order valence-electron chi connectivity index (χ2n) is 4.60. The Bertz CT molecular complexity index is 298. The van der Waals surface area contributed by atoms with Crippen LogP contribution in [-0.4, -0.2) is 27.3 Å². The van der Waals surface area contributed by atoms with E-state index < -0.39 is 10.0 Å². The Kier molecular flexibility index (Phi) is 2.81. The van der Waals surface area contributed by atoms with Crippen LogP contribution in [0.5, 0.6) is 0 Å². The molecule has 1 aliphatic heterocycles. The maximum Gasteiger partial charge on any atom is 0.209 e. The van der Waals surface area contributed by atoms with Gasteiger partial charge in [-0.05, 0) is 30.8 Å².